The fourth-order valence-corrected chi connectivity index (χ4v) is 6.17. The molecular formula is C19H32N4O3S. The second-order valence-corrected chi connectivity index (χ2v) is 10.5. The van der Waals surface area contributed by atoms with Gasteiger partial charge in [-0.3, -0.25) is 4.68 Å². The molecule has 27 heavy (non-hydrogen) atoms. The van der Waals surface area contributed by atoms with Crippen LogP contribution in [0.4, 0.5) is 0 Å². The normalized spacial score (nSPS) is 25.2. The van der Waals surface area contributed by atoms with Crippen molar-refractivity contribution in [3.05, 3.63) is 17.0 Å². The van der Waals surface area contributed by atoms with E-state index in [1.165, 1.54) is 42.1 Å². The summed E-state index contributed by atoms with van der Waals surface area (Å²) in [7, 11) is -0.238. The summed E-state index contributed by atoms with van der Waals surface area (Å²) >= 11 is 0. The van der Waals surface area contributed by atoms with Crippen LogP contribution in [0.2, 0.25) is 0 Å². The van der Waals surface area contributed by atoms with Gasteiger partial charge in [0.15, 0.2) is 0 Å². The van der Waals surface area contributed by atoms with E-state index in [0.29, 0.717) is 19.1 Å². The van der Waals surface area contributed by atoms with Gasteiger partial charge in [-0.25, -0.2) is 0 Å². The number of hydrogen-bond acceptors (Lipinski definition) is 4. The lowest BCUT2D eigenvalue weighted by Gasteiger charge is -2.27. The van der Waals surface area contributed by atoms with Crippen molar-refractivity contribution < 1.29 is 13.2 Å². The minimum atomic E-state index is -3.44. The summed E-state index contributed by atoms with van der Waals surface area (Å²) in [6.07, 6.45) is 9.15. The van der Waals surface area contributed by atoms with Gasteiger partial charge in [-0.1, -0.05) is 19.3 Å². The summed E-state index contributed by atoms with van der Waals surface area (Å²) in [5.41, 5.74) is 3.35. The molecule has 0 spiro atoms. The van der Waals surface area contributed by atoms with E-state index in [0.717, 1.165) is 43.7 Å². The molecule has 3 aliphatic rings. The lowest BCUT2D eigenvalue weighted by molar-refractivity contribution is 0.107. The first-order valence-electron chi connectivity index (χ1n) is 10.3. The van der Waals surface area contributed by atoms with Gasteiger partial charge >= 0.3 is 0 Å². The quantitative estimate of drug-likeness (QED) is 0.767. The zero-order chi connectivity index (χ0) is 19.0. The van der Waals surface area contributed by atoms with Crippen molar-refractivity contribution in [2.45, 2.75) is 70.6 Å². The first kappa shape index (κ1) is 19.4. The van der Waals surface area contributed by atoms with Crippen LogP contribution in [0.5, 0.6) is 0 Å². The lowest BCUT2D eigenvalue weighted by atomic mass is 9.89. The summed E-state index contributed by atoms with van der Waals surface area (Å²) in [6.45, 7) is 2.82. The second-order valence-electron chi connectivity index (χ2n) is 8.36. The fourth-order valence-electron chi connectivity index (χ4n) is 4.87. The monoisotopic (exact) mass is 396 g/mol. The molecule has 0 aromatic carbocycles. The largest absolute Gasteiger partial charge is 0.376 e. The third kappa shape index (κ3) is 3.69. The Morgan fingerprint density at radius 2 is 1.93 bits per heavy atom. The van der Waals surface area contributed by atoms with Gasteiger partial charge in [0.05, 0.1) is 24.9 Å². The molecule has 2 fully saturated rings. The molecule has 1 saturated heterocycles. The summed E-state index contributed by atoms with van der Waals surface area (Å²) in [5, 5.41) is 5.00. The van der Waals surface area contributed by atoms with Crippen molar-refractivity contribution in [3.63, 3.8) is 0 Å². The van der Waals surface area contributed by atoms with E-state index in [2.05, 4.69) is 4.68 Å². The Bertz CT molecular complexity index is 768. The van der Waals surface area contributed by atoms with E-state index in [1.54, 1.807) is 18.4 Å². The van der Waals surface area contributed by atoms with Crippen LogP contribution in [0.1, 0.15) is 67.9 Å². The van der Waals surface area contributed by atoms with Crippen molar-refractivity contribution in [3.8, 4) is 0 Å². The molecule has 1 aliphatic carbocycles. The molecular weight excluding hydrogens is 364 g/mol. The van der Waals surface area contributed by atoms with Crippen LogP contribution in [0, 0.1) is 5.92 Å². The summed E-state index contributed by atoms with van der Waals surface area (Å²) < 4.78 is 36.5. The molecule has 1 aromatic heterocycles. The van der Waals surface area contributed by atoms with Crippen molar-refractivity contribution >= 4 is 10.2 Å². The molecule has 1 unspecified atom stereocenters. The number of rotatable bonds is 5. The molecule has 0 bridgehead atoms. The van der Waals surface area contributed by atoms with Crippen LogP contribution in [-0.4, -0.2) is 54.1 Å². The topological polar surface area (TPSA) is 67.7 Å². The first-order valence-corrected chi connectivity index (χ1v) is 11.7. The average molecular weight is 397 g/mol. The molecule has 1 saturated carbocycles. The Morgan fingerprint density at radius 3 is 2.67 bits per heavy atom. The van der Waals surface area contributed by atoms with Crippen molar-refractivity contribution in [2.24, 2.45) is 5.92 Å². The van der Waals surface area contributed by atoms with Gasteiger partial charge in [-0.05, 0) is 31.6 Å². The van der Waals surface area contributed by atoms with Gasteiger partial charge in [0.25, 0.3) is 10.2 Å². The zero-order valence-electron chi connectivity index (χ0n) is 16.6. The van der Waals surface area contributed by atoms with Crippen LogP contribution < -0.4 is 0 Å². The Labute approximate surface area is 162 Å². The third-order valence-electron chi connectivity index (χ3n) is 6.36. The summed E-state index contributed by atoms with van der Waals surface area (Å²) in [6, 6.07) is -0.166. The lowest BCUT2D eigenvalue weighted by Crippen LogP contribution is -2.39. The highest BCUT2D eigenvalue weighted by atomic mass is 32.2. The fraction of sp³-hybridized carbons (Fsp3) is 0.842. The highest BCUT2D eigenvalue weighted by Crippen LogP contribution is 2.38. The standard InChI is InChI=1S/C19H32N4O3S/c1-21(2)27(24,25)23-11-6-9-18(23)19-16-14-26-12-10-17(16)22(20-19)13-15-7-4-3-5-8-15/h15,18H,3-14H2,1-2H3. The summed E-state index contributed by atoms with van der Waals surface area (Å²) in [4.78, 5) is 0. The van der Waals surface area contributed by atoms with Gasteiger partial charge in [0, 0.05) is 44.9 Å². The van der Waals surface area contributed by atoms with Gasteiger partial charge in [0.1, 0.15) is 0 Å². The summed E-state index contributed by atoms with van der Waals surface area (Å²) in [5.74, 6) is 0.698. The Kier molecular flexibility index (Phi) is 5.60. The third-order valence-corrected chi connectivity index (χ3v) is 8.31. The minimum Gasteiger partial charge on any atom is -0.376 e. The van der Waals surface area contributed by atoms with Gasteiger partial charge in [0.2, 0.25) is 0 Å². The molecule has 3 heterocycles. The van der Waals surface area contributed by atoms with Crippen LogP contribution in [0.3, 0.4) is 0 Å². The Hall–Kier alpha value is -0.960. The van der Waals surface area contributed by atoms with Gasteiger partial charge in [-0.2, -0.15) is 22.1 Å². The zero-order valence-corrected chi connectivity index (χ0v) is 17.4. The van der Waals surface area contributed by atoms with Crippen LogP contribution in [0.25, 0.3) is 0 Å². The predicted molar refractivity (Wildman–Crippen MR) is 103 cm³/mol. The second kappa shape index (κ2) is 7.81. The van der Waals surface area contributed by atoms with Crippen molar-refractivity contribution in [1.82, 2.24) is 18.4 Å². The van der Waals surface area contributed by atoms with Crippen LogP contribution in [-0.2, 0) is 34.5 Å². The maximum atomic E-state index is 12.8. The highest BCUT2D eigenvalue weighted by Gasteiger charge is 2.40. The SMILES string of the molecule is CN(C)S(=O)(=O)N1CCCC1c1nn(CC2CCCCC2)c2c1COCC2. The molecule has 0 N–H and O–H groups in total. The Morgan fingerprint density at radius 1 is 1.15 bits per heavy atom. The van der Waals surface area contributed by atoms with Gasteiger partial charge < -0.3 is 4.74 Å². The number of ether oxygens (including phenoxy) is 1. The molecule has 0 radical (unpaired) electrons. The van der Waals surface area contributed by atoms with E-state index in [9.17, 15) is 8.42 Å². The number of fused-ring (bicyclic) bond motifs is 1. The molecule has 1 atom stereocenters. The maximum Gasteiger partial charge on any atom is 0.282 e. The number of hydrogen-bond donors (Lipinski definition) is 0. The van der Waals surface area contributed by atoms with Crippen molar-refractivity contribution in [1.29, 1.82) is 0 Å². The van der Waals surface area contributed by atoms with Crippen molar-refractivity contribution in [2.75, 3.05) is 27.2 Å². The highest BCUT2D eigenvalue weighted by molar-refractivity contribution is 7.86. The van der Waals surface area contributed by atoms with E-state index in [1.807, 2.05) is 0 Å². The van der Waals surface area contributed by atoms with Crippen LogP contribution >= 0.6 is 0 Å². The molecule has 8 heteroatoms. The molecule has 4 rings (SSSR count). The molecule has 1 aromatic rings. The molecule has 2 aliphatic heterocycles. The smallest absolute Gasteiger partial charge is 0.282 e. The maximum absolute atomic E-state index is 12.8. The average Bonchev–Trinajstić information content (AvgIpc) is 3.28. The Balaban J connectivity index is 1.66. The number of nitrogens with zero attached hydrogens (tertiary/aromatic N) is 4. The minimum absolute atomic E-state index is 0.166. The molecule has 0 amide bonds. The van der Waals surface area contributed by atoms with E-state index >= 15 is 0 Å². The molecule has 7 nitrogen and oxygen atoms in total. The van der Waals surface area contributed by atoms with E-state index < -0.39 is 10.2 Å². The predicted octanol–water partition coefficient (Wildman–Crippen LogP) is 2.48. The van der Waals surface area contributed by atoms with Crippen LogP contribution in [0.15, 0.2) is 0 Å². The van der Waals surface area contributed by atoms with E-state index in [-0.39, 0.29) is 6.04 Å². The number of aromatic nitrogens is 2. The first-order chi connectivity index (χ1) is 13.0. The molecule has 152 valence electrons. The van der Waals surface area contributed by atoms with Gasteiger partial charge in [-0.15, -0.1) is 0 Å². The van der Waals surface area contributed by atoms with E-state index in [4.69, 9.17) is 9.84 Å².